The SMILES string of the molecule is CCCCCC=C(NC(=O)C(Cl)Cl)C(=O)OC. The molecule has 0 saturated heterocycles. The van der Waals surface area contributed by atoms with Crippen molar-refractivity contribution in [2.24, 2.45) is 0 Å². The van der Waals surface area contributed by atoms with Crippen LogP contribution in [0.4, 0.5) is 0 Å². The number of carbonyl (C=O) groups is 2. The van der Waals surface area contributed by atoms with Crippen LogP contribution in [0.1, 0.15) is 32.6 Å². The molecule has 0 aromatic rings. The fraction of sp³-hybridized carbons (Fsp3) is 0.636. The quantitative estimate of drug-likeness (QED) is 0.338. The first kappa shape index (κ1) is 16.3. The predicted molar refractivity (Wildman–Crippen MR) is 67.9 cm³/mol. The Labute approximate surface area is 111 Å². The Bertz CT molecular complexity index is 290. The maximum absolute atomic E-state index is 11.3. The first-order chi connectivity index (χ1) is 8.02. The van der Waals surface area contributed by atoms with Crippen molar-refractivity contribution in [3.8, 4) is 0 Å². The fourth-order valence-electron chi connectivity index (χ4n) is 1.12. The Hall–Kier alpha value is -0.740. The maximum atomic E-state index is 11.3. The summed E-state index contributed by atoms with van der Waals surface area (Å²) in [5.74, 6) is -1.25. The summed E-state index contributed by atoms with van der Waals surface area (Å²) in [7, 11) is 1.24. The number of esters is 1. The van der Waals surface area contributed by atoms with E-state index in [9.17, 15) is 9.59 Å². The van der Waals surface area contributed by atoms with E-state index >= 15 is 0 Å². The minimum atomic E-state index is -1.21. The Morgan fingerprint density at radius 1 is 1.35 bits per heavy atom. The highest BCUT2D eigenvalue weighted by Gasteiger charge is 2.17. The molecule has 17 heavy (non-hydrogen) atoms. The molecule has 0 saturated carbocycles. The average Bonchev–Trinajstić information content (AvgIpc) is 2.31. The average molecular weight is 282 g/mol. The van der Waals surface area contributed by atoms with E-state index in [4.69, 9.17) is 23.2 Å². The maximum Gasteiger partial charge on any atom is 0.354 e. The van der Waals surface area contributed by atoms with Crippen molar-refractivity contribution in [1.29, 1.82) is 0 Å². The minimum absolute atomic E-state index is 0.0832. The van der Waals surface area contributed by atoms with E-state index in [-0.39, 0.29) is 5.70 Å². The van der Waals surface area contributed by atoms with Gasteiger partial charge in [0.2, 0.25) is 0 Å². The van der Waals surface area contributed by atoms with Crippen molar-refractivity contribution in [3.63, 3.8) is 0 Å². The molecule has 6 heteroatoms. The van der Waals surface area contributed by atoms with Crippen LogP contribution in [-0.2, 0) is 14.3 Å². The van der Waals surface area contributed by atoms with Gasteiger partial charge in [-0.25, -0.2) is 4.79 Å². The molecular formula is C11H17Cl2NO3. The van der Waals surface area contributed by atoms with Gasteiger partial charge in [0.1, 0.15) is 5.70 Å². The molecule has 0 aromatic heterocycles. The van der Waals surface area contributed by atoms with Gasteiger partial charge in [0.15, 0.2) is 4.84 Å². The van der Waals surface area contributed by atoms with Crippen molar-refractivity contribution in [2.75, 3.05) is 7.11 Å². The number of amides is 1. The van der Waals surface area contributed by atoms with Gasteiger partial charge in [-0.2, -0.15) is 0 Å². The van der Waals surface area contributed by atoms with Gasteiger partial charge in [-0.3, -0.25) is 4.79 Å². The summed E-state index contributed by atoms with van der Waals surface area (Å²) >= 11 is 10.8. The second-order valence-electron chi connectivity index (χ2n) is 3.40. The van der Waals surface area contributed by atoms with Gasteiger partial charge in [-0.1, -0.05) is 49.0 Å². The van der Waals surface area contributed by atoms with E-state index in [1.54, 1.807) is 6.08 Å². The molecule has 0 heterocycles. The number of hydrogen-bond donors (Lipinski definition) is 1. The smallest absolute Gasteiger partial charge is 0.354 e. The zero-order valence-electron chi connectivity index (χ0n) is 9.96. The van der Waals surface area contributed by atoms with E-state index in [1.807, 2.05) is 0 Å². The largest absolute Gasteiger partial charge is 0.464 e. The van der Waals surface area contributed by atoms with Crippen LogP contribution >= 0.6 is 23.2 Å². The summed E-state index contributed by atoms with van der Waals surface area (Å²) in [6, 6.07) is 0. The lowest BCUT2D eigenvalue weighted by Gasteiger charge is -2.08. The van der Waals surface area contributed by atoms with Crippen LogP contribution in [0.5, 0.6) is 0 Å². The van der Waals surface area contributed by atoms with Crippen LogP contribution in [0, 0.1) is 0 Å². The second kappa shape index (κ2) is 9.31. The Kier molecular flexibility index (Phi) is 8.90. The fourth-order valence-corrected chi connectivity index (χ4v) is 1.23. The van der Waals surface area contributed by atoms with Crippen molar-refractivity contribution >= 4 is 35.1 Å². The molecule has 1 amide bonds. The highest BCUT2D eigenvalue weighted by molar-refractivity contribution is 6.53. The van der Waals surface area contributed by atoms with Crippen LogP contribution in [0.2, 0.25) is 0 Å². The lowest BCUT2D eigenvalue weighted by atomic mass is 10.2. The van der Waals surface area contributed by atoms with Gasteiger partial charge < -0.3 is 10.1 Å². The molecule has 0 fully saturated rings. The van der Waals surface area contributed by atoms with Gasteiger partial charge in [0.25, 0.3) is 5.91 Å². The van der Waals surface area contributed by atoms with E-state index < -0.39 is 16.7 Å². The Morgan fingerprint density at radius 3 is 2.47 bits per heavy atom. The Balaban J connectivity index is 4.43. The van der Waals surface area contributed by atoms with Crippen LogP contribution in [0.25, 0.3) is 0 Å². The summed E-state index contributed by atoms with van der Waals surface area (Å²) in [5, 5.41) is 2.33. The molecule has 0 spiro atoms. The van der Waals surface area contributed by atoms with E-state index in [0.717, 1.165) is 19.3 Å². The monoisotopic (exact) mass is 281 g/mol. The molecular weight excluding hydrogens is 265 g/mol. The summed E-state index contributed by atoms with van der Waals surface area (Å²) in [6.45, 7) is 2.08. The van der Waals surface area contributed by atoms with Gasteiger partial charge in [-0.15, -0.1) is 0 Å². The molecule has 0 rings (SSSR count). The number of hydrogen-bond acceptors (Lipinski definition) is 3. The van der Waals surface area contributed by atoms with Crippen LogP contribution < -0.4 is 5.32 Å². The number of allylic oxidation sites excluding steroid dienone is 1. The predicted octanol–water partition coefficient (Wildman–Crippen LogP) is 2.54. The topological polar surface area (TPSA) is 55.4 Å². The third-order valence-electron chi connectivity index (χ3n) is 2.02. The molecule has 0 unspecified atom stereocenters. The number of alkyl halides is 2. The highest BCUT2D eigenvalue weighted by atomic mass is 35.5. The summed E-state index contributed by atoms with van der Waals surface area (Å²) in [5.41, 5.74) is 0.0832. The van der Waals surface area contributed by atoms with Crippen molar-refractivity contribution in [1.82, 2.24) is 5.32 Å². The first-order valence-electron chi connectivity index (χ1n) is 5.40. The second-order valence-corrected chi connectivity index (χ2v) is 4.49. The van der Waals surface area contributed by atoms with Gasteiger partial charge in [0, 0.05) is 0 Å². The lowest BCUT2D eigenvalue weighted by Crippen LogP contribution is -2.31. The summed E-state index contributed by atoms with van der Waals surface area (Å²) in [4.78, 5) is 21.4. The van der Waals surface area contributed by atoms with Crippen LogP contribution in [0.15, 0.2) is 11.8 Å². The first-order valence-corrected chi connectivity index (χ1v) is 6.27. The van der Waals surface area contributed by atoms with Gasteiger partial charge in [0.05, 0.1) is 7.11 Å². The molecule has 0 aromatic carbocycles. The van der Waals surface area contributed by atoms with Crippen LogP contribution in [0.3, 0.4) is 0 Å². The molecule has 0 radical (unpaired) electrons. The standard InChI is InChI=1S/C11H17Cl2NO3/c1-3-4-5-6-7-8(11(16)17-2)14-10(15)9(12)13/h7,9H,3-6H2,1-2H3,(H,14,15). The minimum Gasteiger partial charge on any atom is -0.464 e. The highest BCUT2D eigenvalue weighted by Crippen LogP contribution is 2.06. The molecule has 0 aliphatic carbocycles. The molecule has 4 nitrogen and oxygen atoms in total. The van der Waals surface area contributed by atoms with Crippen molar-refractivity contribution in [2.45, 2.75) is 37.4 Å². The van der Waals surface area contributed by atoms with E-state index in [2.05, 4.69) is 17.0 Å². The van der Waals surface area contributed by atoms with Crippen LogP contribution in [-0.4, -0.2) is 23.8 Å². The molecule has 1 N–H and O–H groups in total. The summed E-state index contributed by atoms with van der Waals surface area (Å²) in [6.07, 6.45) is 5.40. The zero-order chi connectivity index (χ0) is 13.3. The number of nitrogens with one attached hydrogen (secondary N) is 1. The van der Waals surface area contributed by atoms with Gasteiger partial charge >= 0.3 is 5.97 Å². The van der Waals surface area contributed by atoms with Crippen molar-refractivity contribution in [3.05, 3.63) is 11.8 Å². The molecule has 0 aliphatic rings. The third-order valence-corrected chi connectivity index (χ3v) is 2.41. The number of methoxy groups -OCH3 is 1. The number of halogens is 2. The van der Waals surface area contributed by atoms with Gasteiger partial charge in [-0.05, 0) is 12.8 Å². The molecule has 98 valence electrons. The number of unbranched alkanes of at least 4 members (excludes halogenated alkanes) is 3. The molecule has 0 aliphatic heterocycles. The van der Waals surface area contributed by atoms with Crippen molar-refractivity contribution < 1.29 is 14.3 Å². The van der Waals surface area contributed by atoms with E-state index in [1.165, 1.54) is 7.11 Å². The molecule has 0 atom stereocenters. The number of ether oxygens (including phenoxy) is 1. The zero-order valence-corrected chi connectivity index (χ0v) is 11.5. The van der Waals surface area contributed by atoms with E-state index in [0.29, 0.717) is 6.42 Å². The number of carbonyl (C=O) groups excluding carboxylic acids is 2. The molecule has 0 bridgehead atoms. The lowest BCUT2D eigenvalue weighted by molar-refractivity contribution is -0.137. The Morgan fingerprint density at radius 2 is 2.00 bits per heavy atom. The normalized spacial score (nSPS) is 11.5. The third kappa shape index (κ3) is 7.23. The number of rotatable bonds is 7. The summed E-state index contributed by atoms with van der Waals surface area (Å²) < 4.78 is 4.54.